The van der Waals surface area contributed by atoms with E-state index in [1.165, 1.54) is 0 Å². The molecule has 126 valence electrons. The summed E-state index contributed by atoms with van der Waals surface area (Å²) in [7, 11) is 0. The van der Waals surface area contributed by atoms with Gasteiger partial charge in [0.25, 0.3) is 5.91 Å². The third-order valence-corrected chi connectivity index (χ3v) is 3.71. The minimum atomic E-state index is -0.281. The van der Waals surface area contributed by atoms with Crippen LogP contribution in [0, 0.1) is 6.92 Å². The molecule has 2 aromatic heterocycles. The summed E-state index contributed by atoms with van der Waals surface area (Å²) in [6.07, 6.45) is 3.39. The third-order valence-electron chi connectivity index (χ3n) is 3.38. The van der Waals surface area contributed by atoms with Gasteiger partial charge in [-0.3, -0.25) is 9.78 Å². The Morgan fingerprint density at radius 1 is 1.16 bits per heavy atom. The van der Waals surface area contributed by atoms with Gasteiger partial charge in [-0.1, -0.05) is 29.8 Å². The third kappa shape index (κ3) is 4.51. The van der Waals surface area contributed by atoms with Crippen molar-refractivity contribution in [3.8, 4) is 0 Å². The second kappa shape index (κ2) is 7.72. The molecule has 0 spiro atoms. The number of benzene rings is 1. The molecular formula is C18H16ClN5O. The molecule has 0 fully saturated rings. The lowest BCUT2D eigenvalue weighted by Gasteiger charge is -2.10. The first-order valence-corrected chi connectivity index (χ1v) is 8.04. The number of rotatable bonds is 5. The molecule has 0 saturated heterocycles. The molecule has 2 N–H and O–H groups in total. The highest BCUT2D eigenvalue weighted by Crippen LogP contribution is 2.23. The summed E-state index contributed by atoms with van der Waals surface area (Å²) in [5, 5.41) is 6.41. The second-order valence-electron chi connectivity index (χ2n) is 5.37. The van der Waals surface area contributed by atoms with E-state index in [4.69, 9.17) is 11.6 Å². The Hall–Kier alpha value is -2.99. The molecule has 25 heavy (non-hydrogen) atoms. The van der Waals surface area contributed by atoms with Crippen LogP contribution >= 0.6 is 11.6 Å². The van der Waals surface area contributed by atoms with Gasteiger partial charge < -0.3 is 10.6 Å². The number of para-hydroxylation sites is 1. The van der Waals surface area contributed by atoms with E-state index in [9.17, 15) is 4.79 Å². The van der Waals surface area contributed by atoms with Crippen LogP contribution in [0.25, 0.3) is 0 Å². The molecule has 1 amide bonds. The highest BCUT2D eigenvalue weighted by molar-refractivity contribution is 6.33. The summed E-state index contributed by atoms with van der Waals surface area (Å²) in [5.74, 6) is 0.0381. The number of halogens is 1. The maximum absolute atomic E-state index is 12.4. The zero-order chi connectivity index (χ0) is 17.6. The number of carbonyl (C=O) groups is 1. The van der Waals surface area contributed by atoms with Crippen molar-refractivity contribution in [3.63, 3.8) is 0 Å². The Kier molecular flexibility index (Phi) is 5.20. The normalized spacial score (nSPS) is 10.3. The van der Waals surface area contributed by atoms with Gasteiger partial charge in [-0.15, -0.1) is 0 Å². The zero-order valence-electron chi connectivity index (χ0n) is 13.5. The van der Waals surface area contributed by atoms with E-state index in [1.807, 2.05) is 30.3 Å². The number of pyridine rings is 1. The first-order valence-electron chi connectivity index (χ1n) is 7.66. The van der Waals surface area contributed by atoms with Crippen LogP contribution in [0.2, 0.25) is 5.02 Å². The Morgan fingerprint density at radius 2 is 2.00 bits per heavy atom. The predicted octanol–water partition coefficient (Wildman–Crippen LogP) is 3.51. The van der Waals surface area contributed by atoms with E-state index in [0.29, 0.717) is 28.9 Å². The minimum absolute atomic E-state index is 0.281. The fourth-order valence-corrected chi connectivity index (χ4v) is 2.38. The maximum Gasteiger partial charge on any atom is 0.270 e. The lowest BCUT2D eigenvalue weighted by Crippen LogP contribution is -2.24. The lowest BCUT2D eigenvalue weighted by molar-refractivity contribution is 0.0945. The average molecular weight is 354 g/mol. The van der Waals surface area contributed by atoms with Crippen molar-refractivity contribution in [2.24, 2.45) is 0 Å². The minimum Gasteiger partial charge on any atom is -0.347 e. The number of amides is 1. The molecule has 0 aliphatic carbocycles. The zero-order valence-corrected chi connectivity index (χ0v) is 14.3. The maximum atomic E-state index is 12.4. The number of hydrogen-bond donors (Lipinski definition) is 2. The Balaban J connectivity index is 1.74. The molecule has 0 unspecified atom stereocenters. The molecule has 7 heteroatoms. The molecule has 2 heterocycles. The van der Waals surface area contributed by atoms with Crippen molar-refractivity contribution in [3.05, 3.63) is 76.8 Å². The van der Waals surface area contributed by atoms with E-state index in [2.05, 4.69) is 25.6 Å². The summed E-state index contributed by atoms with van der Waals surface area (Å²) >= 11 is 6.13. The Bertz CT molecular complexity index is 886. The van der Waals surface area contributed by atoms with Crippen LogP contribution in [-0.2, 0) is 6.54 Å². The first-order chi connectivity index (χ1) is 12.1. The van der Waals surface area contributed by atoms with Gasteiger partial charge in [0, 0.05) is 24.6 Å². The van der Waals surface area contributed by atoms with Crippen LogP contribution in [0.4, 0.5) is 11.6 Å². The molecule has 0 aliphatic rings. The summed E-state index contributed by atoms with van der Waals surface area (Å²) in [6, 6.07) is 12.6. The van der Waals surface area contributed by atoms with Gasteiger partial charge >= 0.3 is 0 Å². The number of anilines is 2. The Labute approximate surface area is 150 Å². The van der Waals surface area contributed by atoms with E-state index in [1.54, 1.807) is 31.5 Å². The topological polar surface area (TPSA) is 79.8 Å². The summed E-state index contributed by atoms with van der Waals surface area (Å²) in [6.45, 7) is 2.18. The fraction of sp³-hybridized carbons (Fsp3) is 0.111. The van der Waals surface area contributed by atoms with Gasteiger partial charge in [-0.05, 0) is 36.8 Å². The molecule has 0 atom stereocenters. The van der Waals surface area contributed by atoms with Gasteiger partial charge in [0.2, 0.25) is 5.95 Å². The van der Waals surface area contributed by atoms with E-state index >= 15 is 0 Å². The van der Waals surface area contributed by atoms with Crippen molar-refractivity contribution in [2.75, 3.05) is 5.32 Å². The number of carbonyl (C=O) groups excluding carboxylic acids is 1. The molecule has 0 aliphatic heterocycles. The van der Waals surface area contributed by atoms with Gasteiger partial charge in [0.15, 0.2) is 0 Å². The van der Waals surface area contributed by atoms with Crippen LogP contribution in [0.15, 0.2) is 54.9 Å². The van der Waals surface area contributed by atoms with Crippen LogP contribution in [0.1, 0.15) is 21.7 Å². The summed E-state index contributed by atoms with van der Waals surface area (Å²) < 4.78 is 0. The largest absolute Gasteiger partial charge is 0.347 e. The van der Waals surface area contributed by atoms with E-state index < -0.39 is 0 Å². The van der Waals surface area contributed by atoms with Crippen molar-refractivity contribution in [1.29, 1.82) is 0 Å². The molecule has 0 bridgehead atoms. The standard InChI is InChI=1S/C18H16ClN5O/c1-12-9-16(17(25)21-11-13-5-4-8-20-10-13)24-18(22-12)23-15-7-3-2-6-14(15)19/h2-10H,11H2,1H3,(H,21,25)(H,22,23,24). The van der Waals surface area contributed by atoms with Gasteiger partial charge in [-0.2, -0.15) is 0 Å². The summed E-state index contributed by atoms with van der Waals surface area (Å²) in [5.41, 5.74) is 2.55. The van der Waals surface area contributed by atoms with Crippen molar-refractivity contribution in [1.82, 2.24) is 20.3 Å². The summed E-state index contributed by atoms with van der Waals surface area (Å²) in [4.78, 5) is 25.0. The molecule has 0 radical (unpaired) electrons. The fourth-order valence-electron chi connectivity index (χ4n) is 2.20. The van der Waals surface area contributed by atoms with Gasteiger partial charge in [0.05, 0.1) is 10.7 Å². The molecule has 3 aromatic rings. The first kappa shape index (κ1) is 16.9. The number of nitrogens with zero attached hydrogens (tertiary/aromatic N) is 3. The SMILES string of the molecule is Cc1cc(C(=O)NCc2cccnc2)nc(Nc2ccccc2Cl)n1. The number of aryl methyl sites for hydroxylation is 1. The monoisotopic (exact) mass is 353 g/mol. The van der Waals surface area contributed by atoms with Crippen molar-refractivity contribution >= 4 is 29.1 Å². The van der Waals surface area contributed by atoms with E-state index in [0.717, 1.165) is 5.56 Å². The molecule has 3 rings (SSSR count). The highest BCUT2D eigenvalue weighted by Gasteiger charge is 2.11. The highest BCUT2D eigenvalue weighted by atomic mass is 35.5. The molecular weight excluding hydrogens is 338 g/mol. The molecule has 0 saturated carbocycles. The van der Waals surface area contributed by atoms with Crippen LogP contribution in [0.5, 0.6) is 0 Å². The predicted molar refractivity (Wildman–Crippen MR) is 96.9 cm³/mol. The smallest absolute Gasteiger partial charge is 0.270 e. The van der Waals surface area contributed by atoms with Crippen LogP contribution in [-0.4, -0.2) is 20.9 Å². The quantitative estimate of drug-likeness (QED) is 0.733. The average Bonchev–Trinajstić information content (AvgIpc) is 2.62. The lowest BCUT2D eigenvalue weighted by atomic mass is 10.2. The van der Waals surface area contributed by atoms with E-state index in [-0.39, 0.29) is 11.6 Å². The molecule has 6 nitrogen and oxygen atoms in total. The van der Waals surface area contributed by atoms with Gasteiger partial charge in [0.1, 0.15) is 5.69 Å². The van der Waals surface area contributed by atoms with Gasteiger partial charge in [-0.25, -0.2) is 9.97 Å². The van der Waals surface area contributed by atoms with Crippen LogP contribution in [0.3, 0.4) is 0 Å². The number of hydrogen-bond acceptors (Lipinski definition) is 5. The van der Waals surface area contributed by atoms with Crippen LogP contribution < -0.4 is 10.6 Å². The number of aromatic nitrogens is 3. The Morgan fingerprint density at radius 3 is 2.76 bits per heavy atom. The van der Waals surface area contributed by atoms with Crippen molar-refractivity contribution in [2.45, 2.75) is 13.5 Å². The van der Waals surface area contributed by atoms with Crippen molar-refractivity contribution < 1.29 is 4.79 Å². The molecule has 1 aromatic carbocycles. The second-order valence-corrected chi connectivity index (χ2v) is 5.77. The number of nitrogens with one attached hydrogen (secondary N) is 2.